The van der Waals surface area contributed by atoms with Gasteiger partial charge in [-0.1, -0.05) is 12.5 Å². The minimum Gasteiger partial charge on any atom is -0.457 e. The highest BCUT2D eigenvalue weighted by atomic mass is 19.2. The SMILES string of the molecule is O=C(NCCCN1CCCCC1)c1cccc(Oc2ccc(F)c(F)c2)c1. The average molecular weight is 374 g/mol. The lowest BCUT2D eigenvalue weighted by molar-refractivity contribution is 0.0950. The van der Waals surface area contributed by atoms with Gasteiger partial charge in [0.05, 0.1) is 0 Å². The van der Waals surface area contributed by atoms with Crippen LogP contribution in [0.1, 0.15) is 36.0 Å². The van der Waals surface area contributed by atoms with Gasteiger partial charge in [0, 0.05) is 18.2 Å². The minimum atomic E-state index is -0.977. The summed E-state index contributed by atoms with van der Waals surface area (Å²) in [5, 5.41) is 2.92. The average Bonchev–Trinajstić information content (AvgIpc) is 2.69. The number of nitrogens with one attached hydrogen (secondary N) is 1. The van der Waals surface area contributed by atoms with Gasteiger partial charge in [-0.3, -0.25) is 4.79 Å². The minimum absolute atomic E-state index is 0.174. The standard InChI is InChI=1S/C21H24F2N2O2/c22-19-9-8-18(15-20(19)23)27-17-7-4-6-16(14-17)21(26)24-10-5-13-25-11-2-1-3-12-25/h4,6-9,14-15H,1-3,5,10-13H2,(H,24,26). The molecule has 0 aromatic heterocycles. The first-order valence-electron chi connectivity index (χ1n) is 9.35. The predicted octanol–water partition coefficient (Wildman–Crippen LogP) is 4.36. The van der Waals surface area contributed by atoms with Gasteiger partial charge < -0.3 is 15.0 Å². The molecule has 1 heterocycles. The van der Waals surface area contributed by atoms with Crippen molar-refractivity contribution in [3.63, 3.8) is 0 Å². The monoisotopic (exact) mass is 374 g/mol. The molecule has 0 spiro atoms. The molecule has 2 aromatic carbocycles. The van der Waals surface area contributed by atoms with Crippen molar-refractivity contribution in [3.8, 4) is 11.5 Å². The van der Waals surface area contributed by atoms with Crippen LogP contribution >= 0.6 is 0 Å². The van der Waals surface area contributed by atoms with E-state index in [1.807, 2.05) is 0 Å². The molecule has 1 aliphatic heterocycles. The quantitative estimate of drug-likeness (QED) is 0.732. The first-order valence-corrected chi connectivity index (χ1v) is 9.35. The van der Waals surface area contributed by atoms with Gasteiger partial charge in [-0.15, -0.1) is 0 Å². The summed E-state index contributed by atoms with van der Waals surface area (Å²) in [5.74, 6) is -1.52. The molecular weight excluding hydrogens is 350 g/mol. The highest BCUT2D eigenvalue weighted by Crippen LogP contribution is 2.24. The predicted molar refractivity (Wildman–Crippen MR) is 100 cm³/mol. The lowest BCUT2D eigenvalue weighted by Crippen LogP contribution is -2.33. The molecule has 0 atom stereocenters. The van der Waals surface area contributed by atoms with Gasteiger partial charge in [0.2, 0.25) is 0 Å². The van der Waals surface area contributed by atoms with Crippen molar-refractivity contribution in [2.45, 2.75) is 25.7 Å². The molecule has 3 rings (SSSR count). The second kappa shape index (κ2) is 9.46. The molecule has 0 unspecified atom stereocenters. The van der Waals surface area contributed by atoms with E-state index >= 15 is 0 Å². The molecule has 2 aromatic rings. The van der Waals surface area contributed by atoms with Crippen LogP contribution in [0.4, 0.5) is 8.78 Å². The first kappa shape index (κ1) is 19.3. The molecule has 0 aliphatic carbocycles. The van der Waals surface area contributed by atoms with E-state index in [0.717, 1.165) is 38.2 Å². The maximum absolute atomic E-state index is 13.3. The van der Waals surface area contributed by atoms with E-state index < -0.39 is 11.6 Å². The van der Waals surface area contributed by atoms with Crippen molar-refractivity contribution in [1.82, 2.24) is 10.2 Å². The Morgan fingerprint density at radius 1 is 1.00 bits per heavy atom. The molecule has 1 amide bonds. The zero-order valence-electron chi connectivity index (χ0n) is 15.2. The number of carbonyl (C=O) groups excluding carboxylic acids is 1. The van der Waals surface area contributed by atoms with Gasteiger partial charge >= 0.3 is 0 Å². The van der Waals surface area contributed by atoms with Crippen molar-refractivity contribution in [3.05, 3.63) is 59.7 Å². The summed E-state index contributed by atoms with van der Waals surface area (Å²) in [5.41, 5.74) is 0.466. The number of piperidine rings is 1. The molecule has 0 radical (unpaired) electrons. The molecule has 6 heteroatoms. The Balaban J connectivity index is 1.49. The van der Waals surface area contributed by atoms with Gasteiger partial charge in [0.1, 0.15) is 11.5 Å². The molecule has 1 saturated heterocycles. The summed E-state index contributed by atoms with van der Waals surface area (Å²) in [6.07, 6.45) is 4.75. The zero-order valence-corrected chi connectivity index (χ0v) is 15.2. The van der Waals surface area contributed by atoms with Crippen molar-refractivity contribution in [1.29, 1.82) is 0 Å². The Morgan fingerprint density at radius 2 is 1.78 bits per heavy atom. The van der Waals surface area contributed by atoms with Crippen LogP contribution in [0.25, 0.3) is 0 Å². The van der Waals surface area contributed by atoms with Crippen molar-refractivity contribution < 1.29 is 18.3 Å². The molecule has 0 bridgehead atoms. The Labute approximate surface area is 158 Å². The number of ether oxygens (including phenoxy) is 1. The number of carbonyl (C=O) groups is 1. The van der Waals surface area contributed by atoms with Crippen LogP contribution in [0.2, 0.25) is 0 Å². The smallest absolute Gasteiger partial charge is 0.251 e. The number of amides is 1. The summed E-state index contributed by atoms with van der Waals surface area (Å²) < 4.78 is 31.8. The normalized spacial score (nSPS) is 14.7. The van der Waals surface area contributed by atoms with E-state index in [0.29, 0.717) is 17.9 Å². The highest BCUT2D eigenvalue weighted by molar-refractivity contribution is 5.94. The van der Waals surface area contributed by atoms with E-state index in [4.69, 9.17) is 4.74 Å². The maximum atomic E-state index is 13.3. The first-order chi connectivity index (χ1) is 13.1. The van der Waals surface area contributed by atoms with Gasteiger partial charge in [-0.25, -0.2) is 8.78 Å². The third kappa shape index (κ3) is 5.76. The van der Waals surface area contributed by atoms with E-state index in [1.54, 1.807) is 24.3 Å². The largest absolute Gasteiger partial charge is 0.457 e. The van der Waals surface area contributed by atoms with Crippen molar-refractivity contribution >= 4 is 5.91 Å². The van der Waals surface area contributed by atoms with Crippen LogP contribution in [0, 0.1) is 11.6 Å². The molecular formula is C21H24F2N2O2. The molecule has 27 heavy (non-hydrogen) atoms. The molecule has 1 N–H and O–H groups in total. The fourth-order valence-electron chi connectivity index (χ4n) is 3.17. The molecule has 0 saturated carbocycles. The highest BCUT2D eigenvalue weighted by Gasteiger charge is 2.11. The van der Waals surface area contributed by atoms with Crippen LogP contribution in [0.15, 0.2) is 42.5 Å². The van der Waals surface area contributed by atoms with Crippen LogP contribution in [0.3, 0.4) is 0 Å². The number of nitrogens with zero attached hydrogens (tertiary/aromatic N) is 1. The van der Waals surface area contributed by atoms with Crippen LogP contribution in [-0.4, -0.2) is 37.0 Å². The molecule has 144 valence electrons. The topological polar surface area (TPSA) is 41.6 Å². The summed E-state index contributed by atoms with van der Waals surface area (Å²) >= 11 is 0. The molecule has 4 nitrogen and oxygen atoms in total. The van der Waals surface area contributed by atoms with Crippen molar-refractivity contribution in [2.75, 3.05) is 26.2 Å². The number of rotatable bonds is 7. The van der Waals surface area contributed by atoms with E-state index in [9.17, 15) is 13.6 Å². The van der Waals surface area contributed by atoms with Gasteiger partial charge in [0.15, 0.2) is 11.6 Å². The Hall–Kier alpha value is -2.47. The fourth-order valence-corrected chi connectivity index (χ4v) is 3.17. The Morgan fingerprint density at radius 3 is 2.56 bits per heavy atom. The fraction of sp³-hybridized carbons (Fsp3) is 0.381. The van der Waals surface area contributed by atoms with Gasteiger partial charge in [-0.05, 0) is 69.2 Å². The van der Waals surface area contributed by atoms with Gasteiger partial charge in [0.25, 0.3) is 5.91 Å². The number of likely N-dealkylation sites (tertiary alicyclic amines) is 1. The van der Waals surface area contributed by atoms with Gasteiger partial charge in [-0.2, -0.15) is 0 Å². The summed E-state index contributed by atoms with van der Waals surface area (Å²) in [4.78, 5) is 14.7. The number of hydrogen-bond donors (Lipinski definition) is 1. The molecule has 1 aliphatic rings. The Kier molecular flexibility index (Phi) is 6.76. The van der Waals surface area contributed by atoms with E-state index in [2.05, 4.69) is 10.2 Å². The van der Waals surface area contributed by atoms with Crippen LogP contribution in [0.5, 0.6) is 11.5 Å². The van der Waals surface area contributed by atoms with E-state index in [1.165, 1.54) is 25.3 Å². The molecule has 1 fully saturated rings. The summed E-state index contributed by atoms with van der Waals surface area (Å²) in [7, 11) is 0. The summed E-state index contributed by atoms with van der Waals surface area (Å²) in [6.45, 7) is 3.91. The lowest BCUT2D eigenvalue weighted by atomic mass is 10.1. The number of benzene rings is 2. The van der Waals surface area contributed by atoms with Crippen LogP contribution in [-0.2, 0) is 0 Å². The third-order valence-electron chi connectivity index (χ3n) is 4.61. The second-order valence-electron chi connectivity index (χ2n) is 6.72. The lowest BCUT2D eigenvalue weighted by Gasteiger charge is -2.26. The van der Waals surface area contributed by atoms with Crippen LogP contribution < -0.4 is 10.1 Å². The zero-order chi connectivity index (χ0) is 19.1. The van der Waals surface area contributed by atoms with E-state index in [-0.39, 0.29) is 11.7 Å². The van der Waals surface area contributed by atoms with Crippen molar-refractivity contribution in [2.24, 2.45) is 0 Å². The number of hydrogen-bond acceptors (Lipinski definition) is 3. The third-order valence-corrected chi connectivity index (χ3v) is 4.61. The second-order valence-corrected chi connectivity index (χ2v) is 6.72. The number of halogens is 2. The summed E-state index contributed by atoms with van der Waals surface area (Å²) in [6, 6.07) is 9.95. The maximum Gasteiger partial charge on any atom is 0.251 e. The Bertz CT molecular complexity index is 777.